The highest BCUT2D eigenvalue weighted by Crippen LogP contribution is 2.17. The van der Waals surface area contributed by atoms with E-state index in [1.807, 2.05) is 0 Å². The minimum atomic E-state index is -1.49. The van der Waals surface area contributed by atoms with Crippen molar-refractivity contribution in [3.8, 4) is 0 Å². The number of carboxylic acids is 2. The van der Waals surface area contributed by atoms with Crippen LogP contribution in [0.4, 0.5) is 0 Å². The molecule has 0 aliphatic heterocycles. The molecule has 0 unspecified atom stereocenters. The Morgan fingerprint density at radius 1 is 0.767 bits per heavy atom. The van der Waals surface area contributed by atoms with Crippen LogP contribution in [0.2, 0.25) is 0 Å². The van der Waals surface area contributed by atoms with Crippen LogP contribution in [0, 0.1) is 0 Å². The number of esters is 2. The van der Waals surface area contributed by atoms with Gasteiger partial charge in [0, 0.05) is 6.08 Å². The molecule has 1 rings (SSSR count). The summed E-state index contributed by atoms with van der Waals surface area (Å²) < 4.78 is 10.0. The van der Waals surface area contributed by atoms with Crippen molar-refractivity contribution in [3.05, 3.63) is 47.5 Å². The van der Waals surface area contributed by atoms with E-state index in [9.17, 15) is 24.3 Å². The number of hydrogen-bond acceptors (Lipinski definition) is 6. The van der Waals surface area contributed by atoms with Gasteiger partial charge in [0.05, 0.1) is 29.9 Å². The van der Waals surface area contributed by atoms with Gasteiger partial charge in [-0.2, -0.15) is 0 Å². The smallest absolute Gasteiger partial charge is 0.339 e. The Balaban J connectivity index is 2.21. The van der Waals surface area contributed by atoms with Crippen LogP contribution < -0.4 is 0 Å². The lowest BCUT2D eigenvalue weighted by molar-refractivity contribution is -0.137. The van der Waals surface area contributed by atoms with Gasteiger partial charge in [-0.25, -0.2) is 19.2 Å². The van der Waals surface area contributed by atoms with Crippen LogP contribution in [0.1, 0.15) is 82.4 Å². The van der Waals surface area contributed by atoms with Crippen molar-refractivity contribution in [1.29, 1.82) is 0 Å². The van der Waals surface area contributed by atoms with Crippen LogP contribution in [0.15, 0.2) is 30.9 Å². The van der Waals surface area contributed by atoms with E-state index in [2.05, 4.69) is 6.58 Å². The molecule has 0 radical (unpaired) electrons. The topological polar surface area (TPSA) is 127 Å². The number of rotatable bonds is 15. The number of unbranched alkanes of at least 4 members (excludes halogenated alkanes) is 7. The lowest BCUT2D eigenvalue weighted by atomic mass is 10.0. The molecule has 0 aromatic heterocycles. The first-order valence-electron chi connectivity index (χ1n) is 9.94. The summed E-state index contributed by atoms with van der Waals surface area (Å²) in [6.45, 7) is 3.88. The molecule has 0 bridgehead atoms. The molecular weight excluding hydrogens is 392 g/mol. The van der Waals surface area contributed by atoms with Gasteiger partial charge in [-0.05, 0) is 25.0 Å². The van der Waals surface area contributed by atoms with E-state index in [1.165, 1.54) is 12.1 Å². The van der Waals surface area contributed by atoms with Crippen molar-refractivity contribution in [2.75, 3.05) is 13.2 Å². The molecule has 1 aromatic carbocycles. The molecule has 1 aromatic rings. The van der Waals surface area contributed by atoms with Crippen LogP contribution >= 0.6 is 0 Å². The molecule has 0 fully saturated rings. The highest BCUT2D eigenvalue weighted by molar-refractivity contribution is 6.09. The number of hydrogen-bond donors (Lipinski definition) is 2. The Kier molecular flexibility index (Phi) is 11.5. The fraction of sp³-hybridized carbons (Fsp3) is 0.455. The summed E-state index contributed by atoms with van der Waals surface area (Å²) in [6.07, 6.45) is 8.63. The largest absolute Gasteiger partial charge is 0.478 e. The Labute approximate surface area is 175 Å². The Bertz CT molecular complexity index is 754. The van der Waals surface area contributed by atoms with E-state index in [0.29, 0.717) is 13.0 Å². The SMILES string of the molecule is C=CC(=O)OCCCCCCCCCCOC(=O)c1cccc(C(=O)O)c1C(=O)O. The van der Waals surface area contributed by atoms with E-state index in [0.717, 1.165) is 57.1 Å². The molecule has 30 heavy (non-hydrogen) atoms. The molecule has 0 saturated carbocycles. The van der Waals surface area contributed by atoms with Crippen LogP contribution in [0.5, 0.6) is 0 Å². The average molecular weight is 420 g/mol. The van der Waals surface area contributed by atoms with Crippen molar-refractivity contribution in [3.63, 3.8) is 0 Å². The quantitative estimate of drug-likeness (QED) is 0.247. The molecular formula is C22H28O8. The van der Waals surface area contributed by atoms with Gasteiger partial charge in [-0.3, -0.25) is 0 Å². The monoisotopic (exact) mass is 420 g/mol. The lowest BCUT2D eigenvalue weighted by Crippen LogP contribution is -2.16. The zero-order valence-electron chi connectivity index (χ0n) is 16.9. The molecule has 0 amide bonds. The predicted octanol–water partition coefficient (Wildman–Crippen LogP) is 4.09. The first-order valence-corrected chi connectivity index (χ1v) is 9.94. The molecule has 164 valence electrons. The summed E-state index contributed by atoms with van der Waals surface area (Å²) in [5.74, 6) is -4.14. The van der Waals surface area contributed by atoms with Gasteiger partial charge in [-0.1, -0.05) is 51.2 Å². The standard InChI is InChI=1S/C22H28O8/c1-2-18(23)29-14-9-7-5-3-4-6-8-10-15-30-22(28)17-13-11-12-16(20(24)25)19(17)21(26)27/h2,11-13H,1,3-10,14-15H2,(H,24,25)(H,26,27). The van der Waals surface area contributed by atoms with Gasteiger partial charge in [0.25, 0.3) is 0 Å². The fourth-order valence-electron chi connectivity index (χ4n) is 2.87. The Hall–Kier alpha value is -3.16. The summed E-state index contributed by atoms with van der Waals surface area (Å²) in [7, 11) is 0. The fourth-order valence-corrected chi connectivity index (χ4v) is 2.87. The second-order valence-electron chi connectivity index (χ2n) is 6.67. The van der Waals surface area contributed by atoms with Crippen molar-refractivity contribution in [1.82, 2.24) is 0 Å². The van der Waals surface area contributed by atoms with E-state index in [-0.39, 0.29) is 12.2 Å². The summed E-state index contributed by atoms with van der Waals surface area (Å²) in [5, 5.41) is 18.3. The number of benzene rings is 1. The Morgan fingerprint density at radius 2 is 1.27 bits per heavy atom. The van der Waals surface area contributed by atoms with Gasteiger partial charge in [-0.15, -0.1) is 0 Å². The zero-order valence-corrected chi connectivity index (χ0v) is 16.9. The maximum atomic E-state index is 12.2. The molecule has 0 heterocycles. The van der Waals surface area contributed by atoms with Gasteiger partial charge < -0.3 is 19.7 Å². The maximum Gasteiger partial charge on any atom is 0.339 e. The predicted molar refractivity (Wildman–Crippen MR) is 109 cm³/mol. The number of carbonyl (C=O) groups excluding carboxylic acids is 2. The third-order valence-electron chi connectivity index (χ3n) is 4.41. The van der Waals surface area contributed by atoms with E-state index < -0.39 is 35.0 Å². The average Bonchev–Trinajstić information content (AvgIpc) is 2.73. The third kappa shape index (κ3) is 8.89. The van der Waals surface area contributed by atoms with Gasteiger partial charge in [0.2, 0.25) is 0 Å². The highest BCUT2D eigenvalue weighted by atomic mass is 16.5. The lowest BCUT2D eigenvalue weighted by Gasteiger charge is -2.09. The summed E-state index contributed by atoms with van der Waals surface area (Å²) in [4.78, 5) is 45.5. The molecule has 8 nitrogen and oxygen atoms in total. The molecule has 0 spiro atoms. The molecule has 0 atom stereocenters. The minimum absolute atomic E-state index is 0.143. The van der Waals surface area contributed by atoms with Crippen LogP contribution in [-0.4, -0.2) is 47.3 Å². The second-order valence-corrected chi connectivity index (χ2v) is 6.67. The van der Waals surface area contributed by atoms with Crippen LogP contribution in [0.3, 0.4) is 0 Å². The van der Waals surface area contributed by atoms with E-state index in [4.69, 9.17) is 14.6 Å². The molecule has 8 heteroatoms. The van der Waals surface area contributed by atoms with Gasteiger partial charge in [0.1, 0.15) is 0 Å². The molecule has 0 saturated heterocycles. The first-order chi connectivity index (χ1) is 14.4. The minimum Gasteiger partial charge on any atom is -0.478 e. The molecule has 0 aliphatic carbocycles. The van der Waals surface area contributed by atoms with Crippen molar-refractivity contribution < 1.29 is 38.9 Å². The summed E-state index contributed by atoms with van der Waals surface area (Å²) in [5.41, 5.74) is -1.27. The van der Waals surface area contributed by atoms with Gasteiger partial charge in [0.15, 0.2) is 0 Å². The normalized spacial score (nSPS) is 10.3. The molecule has 0 aliphatic rings. The number of ether oxygens (including phenoxy) is 2. The third-order valence-corrected chi connectivity index (χ3v) is 4.41. The first kappa shape index (κ1) is 24.9. The maximum absolute atomic E-state index is 12.2. The summed E-state index contributed by atoms with van der Waals surface area (Å²) in [6, 6.07) is 3.70. The highest BCUT2D eigenvalue weighted by Gasteiger charge is 2.24. The number of aromatic carboxylic acids is 2. The Morgan fingerprint density at radius 3 is 1.77 bits per heavy atom. The van der Waals surface area contributed by atoms with Crippen molar-refractivity contribution in [2.45, 2.75) is 51.4 Å². The summed E-state index contributed by atoms with van der Waals surface area (Å²) >= 11 is 0. The van der Waals surface area contributed by atoms with E-state index >= 15 is 0 Å². The second kappa shape index (κ2) is 13.9. The van der Waals surface area contributed by atoms with Crippen LogP contribution in [0.25, 0.3) is 0 Å². The van der Waals surface area contributed by atoms with Gasteiger partial charge >= 0.3 is 23.9 Å². The number of carbonyl (C=O) groups is 4. The number of carboxylic acid groups (broad SMARTS) is 2. The van der Waals surface area contributed by atoms with Crippen molar-refractivity contribution in [2.24, 2.45) is 0 Å². The molecule has 2 N–H and O–H groups in total. The zero-order chi connectivity index (χ0) is 22.4. The van der Waals surface area contributed by atoms with E-state index in [1.54, 1.807) is 0 Å². The van der Waals surface area contributed by atoms with Crippen LogP contribution in [-0.2, 0) is 14.3 Å². The van der Waals surface area contributed by atoms with Crippen molar-refractivity contribution >= 4 is 23.9 Å².